The summed E-state index contributed by atoms with van der Waals surface area (Å²) < 4.78 is 18.5. The summed E-state index contributed by atoms with van der Waals surface area (Å²) in [5.74, 6) is 0.434. The Labute approximate surface area is 142 Å². The second kappa shape index (κ2) is 9.62. The number of methoxy groups -OCH3 is 1. The van der Waals surface area contributed by atoms with Gasteiger partial charge in [-0.3, -0.25) is 9.98 Å². The lowest BCUT2D eigenvalue weighted by molar-refractivity contribution is 0.106. The number of nitrogens with zero attached hydrogens (tertiary/aromatic N) is 2. The Balaban J connectivity index is 1.80. The summed E-state index contributed by atoms with van der Waals surface area (Å²) in [4.78, 5) is 8.48. The van der Waals surface area contributed by atoms with Crippen molar-refractivity contribution in [3.8, 4) is 0 Å². The molecule has 0 aliphatic rings. The van der Waals surface area contributed by atoms with E-state index < -0.39 is 0 Å². The minimum absolute atomic E-state index is 0.181. The molecule has 2 N–H and O–H groups in total. The van der Waals surface area contributed by atoms with Gasteiger partial charge < -0.3 is 15.4 Å². The van der Waals surface area contributed by atoms with Crippen LogP contribution in [0.15, 0.2) is 53.7 Å². The van der Waals surface area contributed by atoms with Gasteiger partial charge in [-0.25, -0.2) is 4.39 Å². The zero-order valence-electron chi connectivity index (χ0n) is 14.0. The van der Waals surface area contributed by atoms with Crippen LogP contribution in [-0.4, -0.2) is 38.2 Å². The molecule has 2 rings (SSSR count). The standard InChI is InChI=1S/C18H23FN4O/c1-20-18(22-12-10-16-5-3-4-11-21-16)23-13-17(24-2)14-6-8-15(19)9-7-14/h3-9,11,17H,10,12-13H2,1-2H3,(H2,20,22,23). The molecule has 0 aliphatic heterocycles. The molecule has 0 saturated carbocycles. The van der Waals surface area contributed by atoms with Crippen molar-refractivity contribution in [2.75, 3.05) is 27.2 Å². The SMILES string of the molecule is CN=C(NCCc1ccccn1)NCC(OC)c1ccc(F)cc1. The minimum atomic E-state index is -0.256. The molecule has 0 fully saturated rings. The molecule has 5 nitrogen and oxygen atoms in total. The first-order chi connectivity index (χ1) is 11.7. The van der Waals surface area contributed by atoms with Gasteiger partial charge in [0.05, 0.1) is 6.10 Å². The Hall–Kier alpha value is -2.47. The number of benzene rings is 1. The molecule has 0 saturated heterocycles. The first kappa shape index (κ1) is 17.9. The van der Waals surface area contributed by atoms with Gasteiger partial charge in [0.15, 0.2) is 5.96 Å². The lowest BCUT2D eigenvalue weighted by Crippen LogP contribution is -2.40. The third kappa shape index (κ3) is 5.62. The van der Waals surface area contributed by atoms with Crippen LogP contribution in [0.2, 0.25) is 0 Å². The van der Waals surface area contributed by atoms with Crippen LogP contribution in [0, 0.1) is 5.82 Å². The Morgan fingerprint density at radius 1 is 1.21 bits per heavy atom. The van der Waals surface area contributed by atoms with Crippen LogP contribution in [0.5, 0.6) is 0 Å². The highest BCUT2D eigenvalue weighted by Crippen LogP contribution is 2.15. The number of aromatic nitrogens is 1. The smallest absolute Gasteiger partial charge is 0.191 e. The van der Waals surface area contributed by atoms with Crippen molar-refractivity contribution in [1.29, 1.82) is 0 Å². The number of aliphatic imine (C=N–C) groups is 1. The van der Waals surface area contributed by atoms with Gasteiger partial charge in [-0.1, -0.05) is 18.2 Å². The maximum Gasteiger partial charge on any atom is 0.191 e. The van der Waals surface area contributed by atoms with E-state index in [-0.39, 0.29) is 11.9 Å². The van der Waals surface area contributed by atoms with Crippen molar-refractivity contribution >= 4 is 5.96 Å². The molecule has 1 aromatic heterocycles. The van der Waals surface area contributed by atoms with Gasteiger partial charge in [0.25, 0.3) is 0 Å². The molecule has 0 bridgehead atoms. The highest BCUT2D eigenvalue weighted by atomic mass is 19.1. The van der Waals surface area contributed by atoms with Crippen LogP contribution in [-0.2, 0) is 11.2 Å². The Morgan fingerprint density at radius 2 is 2.00 bits per heavy atom. The van der Waals surface area contributed by atoms with E-state index >= 15 is 0 Å². The molecular weight excluding hydrogens is 307 g/mol. The lowest BCUT2D eigenvalue weighted by atomic mass is 10.1. The Kier molecular flexibility index (Phi) is 7.17. The lowest BCUT2D eigenvalue weighted by Gasteiger charge is -2.18. The number of ether oxygens (including phenoxy) is 1. The van der Waals surface area contributed by atoms with Gasteiger partial charge in [0.1, 0.15) is 5.82 Å². The molecule has 1 aromatic carbocycles. The van der Waals surface area contributed by atoms with Gasteiger partial charge in [0.2, 0.25) is 0 Å². The number of rotatable bonds is 7. The first-order valence-corrected chi connectivity index (χ1v) is 7.85. The molecule has 1 heterocycles. The maximum absolute atomic E-state index is 13.0. The highest BCUT2D eigenvalue weighted by Gasteiger charge is 2.11. The van der Waals surface area contributed by atoms with Crippen molar-refractivity contribution in [2.24, 2.45) is 4.99 Å². The molecule has 24 heavy (non-hydrogen) atoms. The number of hydrogen-bond acceptors (Lipinski definition) is 3. The summed E-state index contributed by atoms with van der Waals surface area (Å²) in [7, 11) is 3.35. The fourth-order valence-electron chi connectivity index (χ4n) is 2.28. The van der Waals surface area contributed by atoms with Crippen molar-refractivity contribution in [3.63, 3.8) is 0 Å². The largest absolute Gasteiger partial charge is 0.375 e. The molecule has 0 spiro atoms. The molecular formula is C18H23FN4O. The van der Waals surface area contributed by atoms with Gasteiger partial charge in [-0.15, -0.1) is 0 Å². The van der Waals surface area contributed by atoms with Gasteiger partial charge in [-0.2, -0.15) is 0 Å². The van der Waals surface area contributed by atoms with Crippen molar-refractivity contribution in [3.05, 3.63) is 65.7 Å². The van der Waals surface area contributed by atoms with Crippen LogP contribution in [0.1, 0.15) is 17.4 Å². The Morgan fingerprint density at radius 3 is 2.62 bits per heavy atom. The summed E-state index contributed by atoms with van der Waals surface area (Å²) in [5.41, 5.74) is 1.94. The fraction of sp³-hybridized carbons (Fsp3) is 0.333. The zero-order valence-corrected chi connectivity index (χ0v) is 14.0. The van der Waals surface area contributed by atoms with Crippen LogP contribution >= 0.6 is 0 Å². The highest BCUT2D eigenvalue weighted by molar-refractivity contribution is 5.79. The van der Waals surface area contributed by atoms with Crippen molar-refractivity contribution in [2.45, 2.75) is 12.5 Å². The van der Waals surface area contributed by atoms with Crippen molar-refractivity contribution < 1.29 is 9.13 Å². The molecule has 6 heteroatoms. The molecule has 0 radical (unpaired) electrons. The number of hydrogen-bond donors (Lipinski definition) is 2. The minimum Gasteiger partial charge on any atom is -0.375 e. The van der Waals surface area contributed by atoms with E-state index in [1.165, 1.54) is 12.1 Å². The molecule has 1 unspecified atom stereocenters. The average Bonchev–Trinajstić information content (AvgIpc) is 2.63. The van der Waals surface area contributed by atoms with E-state index in [0.717, 1.165) is 24.2 Å². The summed E-state index contributed by atoms with van der Waals surface area (Å²) in [5, 5.41) is 6.46. The number of guanidine groups is 1. The normalized spacial score (nSPS) is 12.7. The summed E-state index contributed by atoms with van der Waals surface area (Å²) in [6, 6.07) is 12.2. The third-order valence-corrected chi connectivity index (χ3v) is 3.60. The van der Waals surface area contributed by atoms with E-state index in [4.69, 9.17) is 4.74 Å². The topological polar surface area (TPSA) is 58.5 Å². The van der Waals surface area contributed by atoms with Crippen LogP contribution in [0.4, 0.5) is 4.39 Å². The van der Waals surface area contributed by atoms with E-state index in [9.17, 15) is 4.39 Å². The second-order valence-corrected chi connectivity index (χ2v) is 5.23. The van der Waals surface area contributed by atoms with Gasteiger partial charge in [-0.05, 0) is 29.8 Å². The molecule has 128 valence electrons. The number of pyridine rings is 1. The van der Waals surface area contributed by atoms with Gasteiger partial charge in [0, 0.05) is 45.6 Å². The molecule has 0 amide bonds. The van der Waals surface area contributed by atoms with Crippen molar-refractivity contribution in [1.82, 2.24) is 15.6 Å². The zero-order chi connectivity index (χ0) is 17.2. The van der Waals surface area contributed by atoms with E-state index in [2.05, 4.69) is 20.6 Å². The number of halogens is 1. The summed E-state index contributed by atoms with van der Waals surface area (Å²) in [6.07, 6.45) is 2.42. The average molecular weight is 330 g/mol. The maximum atomic E-state index is 13.0. The Bertz CT molecular complexity index is 631. The molecule has 0 aliphatic carbocycles. The monoisotopic (exact) mass is 330 g/mol. The predicted molar refractivity (Wildman–Crippen MR) is 93.5 cm³/mol. The predicted octanol–water partition coefficient (Wildman–Crippen LogP) is 2.32. The van der Waals surface area contributed by atoms with Crippen LogP contribution in [0.25, 0.3) is 0 Å². The number of nitrogens with one attached hydrogen (secondary N) is 2. The summed E-state index contributed by atoms with van der Waals surface area (Å²) >= 11 is 0. The van der Waals surface area contributed by atoms with E-state index in [1.54, 1.807) is 32.5 Å². The third-order valence-electron chi connectivity index (χ3n) is 3.60. The van der Waals surface area contributed by atoms with E-state index in [1.807, 2.05) is 18.2 Å². The van der Waals surface area contributed by atoms with E-state index in [0.29, 0.717) is 12.5 Å². The molecule has 2 aromatic rings. The fourth-order valence-corrected chi connectivity index (χ4v) is 2.28. The summed E-state index contributed by atoms with van der Waals surface area (Å²) in [6.45, 7) is 1.26. The van der Waals surface area contributed by atoms with Crippen LogP contribution in [0.3, 0.4) is 0 Å². The first-order valence-electron chi connectivity index (χ1n) is 7.85. The quantitative estimate of drug-likeness (QED) is 0.604. The second-order valence-electron chi connectivity index (χ2n) is 5.23. The van der Waals surface area contributed by atoms with Crippen LogP contribution < -0.4 is 10.6 Å². The van der Waals surface area contributed by atoms with Gasteiger partial charge >= 0.3 is 0 Å². The molecule has 1 atom stereocenters.